The minimum Gasteiger partial charge on any atom is -0.508 e. The van der Waals surface area contributed by atoms with Gasteiger partial charge in [-0.2, -0.15) is 0 Å². The number of carbonyl (C=O) groups is 4. The molecule has 0 saturated heterocycles. The monoisotopic (exact) mass is 541 g/mol. The van der Waals surface area contributed by atoms with Crippen LogP contribution in [0.1, 0.15) is 11.1 Å². The number of hydrogen-bond acceptors (Lipinski definition) is 8. The van der Waals surface area contributed by atoms with Gasteiger partial charge in [0.05, 0.1) is 19.3 Å². The van der Waals surface area contributed by atoms with Gasteiger partial charge in [-0.05, 0) is 35.7 Å². The third kappa shape index (κ3) is 7.77. The SMILES string of the molecule is NC(Cc1ccc(O)cc1)C(=O)NC(Cc1c[nH]c2ccccc12)C(=O)NC(CO)C(=O)NC(CO)C(=O)O. The number of amides is 3. The number of H-pyrrole nitrogens is 1. The number of rotatable bonds is 13. The van der Waals surface area contributed by atoms with Crippen molar-refractivity contribution in [3.05, 3.63) is 65.9 Å². The molecule has 1 aromatic heterocycles. The van der Waals surface area contributed by atoms with E-state index in [1.54, 1.807) is 18.3 Å². The Balaban J connectivity index is 1.78. The molecule has 0 saturated carbocycles. The molecule has 39 heavy (non-hydrogen) atoms. The number of hydrogen-bond donors (Lipinski definition) is 9. The molecule has 208 valence electrons. The van der Waals surface area contributed by atoms with Crippen molar-refractivity contribution in [3.63, 3.8) is 0 Å². The molecule has 0 aliphatic rings. The second-order valence-electron chi connectivity index (χ2n) is 8.93. The molecule has 4 atom stereocenters. The Hall–Kier alpha value is -4.46. The fourth-order valence-corrected chi connectivity index (χ4v) is 3.91. The molecule has 0 spiro atoms. The van der Waals surface area contributed by atoms with Crippen LogP contribution < -0.4 is 21.7 Å². The highest BCUT2D eigenvalue weighted by atomic mass is 16.4. The van der Waals surface area contributed by atoms with Crippen molar-refractivity contribution in [1.29, 1.82) is 0 Å². The summed E-state index contributed by atoms with van der Waals surface area (Å²) in [7, 11) is 0. The Bertz CT molecular complexity index is 1310. The molecule has 0 bridgehead atoms. The van der Waals surface area contributed by atoms with Gasteiger partial charge in [0.15, 0.2) is 0 Å². The summed E-state index contributed by atoms with van der Waals surface area (Å²) in [5, 5.41) is 45.1. The van der Waals surface area contributed by atoms with Crippen LogP contribution in [0.3, 0.4) is 0 Å². The van der Waals surface area contributed by atoms with Gasteiger partial charge in [0.2, 0.25) is 17.7 Å². The average Bonchev–Trinajstić information content (AvgIpc) is 3.33. The number of benzene rings is 2. The van der Waals surface area contributed by atoms with Crippen LogP contribution >= 0.6 is 0 Å². The minimum absolute atomic E-state index is 0.00166. The fourth-order valence-electron chi connectivity index (χ4n) is 3.91. The summed E-state index contributed by atoms with van der Waals surface area (Å²) in [4.78, 5) is 52.9. The lowest BCUT2D eigenvalue weighted by atomic mass is 10.0. The molecule has 3 amide bonds. The van der Waals surface area contributed by atoms with Crippen molar-refractivity contribution in [2.75, 3.05) is 13.2 Å². The number of carboxylic acids is 1. The predicted molar refractivity (Wildman–Crippen MR) is 139 cm³/mol. The Morgan fingerprint density at radius 3 is 2.03 bits per heavy atom. The number of phenolic OH excluding ortho intramolecular Hbond substituents is 1. The summed E-state index contributed by atoms with van der Waals surface area (Å²) in [5.74, 6) is -3.95. The second-order valence-corrected chi connectivity index (χ2v) is 8.93. The smallest absolute Gasteiger partial charge is 0.328 e. The van der Waals surface area contributed by atoms with Crippen LogP contribution in [0.2, 0.25) is 0 Å². The summed E-state index contributed by atoms with van der Waals surface area (Å²) in [5.41, 5.74) is 8.25. The van der Waals surface area contributed by atoms with E-state index < -0.39 is 61.1 Å². The summed E-state index contributed by atoms with van der Waals surface area (Å²) in [6.45, 7) is -1.77. The highest BCUT2D eigenvalue weighted by Gasteiger charge is 2.30. The number of phenols is 1. The van der Waals surface area contributed by atoms with Gasteiger partial charge in [-0.15, -0.1) is 0 Å². The highest BCUT2D eigenvalue weighted by molar-refractivity contribution is 5.95. The van der Waals surface area contributed by atoms with Crippen LogP contribution in [0.5, 0.6) is 5.75 Å². The maximum atomic E-state index is 13.3. The number of aromatic nitrogens is 1. The zero-order valence-electron chi connectivity index (χ0n) is 20.8. The number of aliphatic hydroxyl groups is 2. The van der Waals surface area contributed by atoms with Crippen LogP contribution in [0.15, 0.2) is 54.7 Å². The fraction of sp³-hybridized carbons (Fsp3) is 0.308. The molecule has 13 heteroatoms. The van der Waals surface area contributed by atoms with E-state index in [-0.39, 0.29) is 18.6 Å². The number of carbonyl (C=O) groups excluding carboxylic acids is 3. The van der Waals surface area contributed by atoms with E-state index in [1.165, 1.54) is 12.1 Å². The first-order chi connectivity index (χ1) is 18.6. The van der Waals surface area contributed by atoms with E-state index in [9.17, 15) is 29.4 Å². The lowest BCUT2D eigenvalue weighted by Crippen LogP contribution is -2.59. The summed E-state index contributed by atoms with van der Waals surface area (Å²) in [6, 6.07) is 7.99. The molecule has 3 rings (SSSR count). The third-order valence-corrected chi connectivity index (χ3v) is 6.07. The molecule has 0 aliphatic carbocycles. The zero-order valence-corrected chi connectivity index (χ0v) is 20.8. The average molecular weight is 542 g/mol. The molecular formula is C26H31N5O8. The number of aromatic hydroxyl groups is 1. The molecule has 10 N–H and O–H groups in total. The van der Waals surface area contributed by atoms with E-state index in [4.69, 9.17) is 15.9 Å². The summed E-state index contributed by atoms with van der Waals surface area (Å²) < 4.78 is 0. The predicted octanol–water partition coefficient (Wildman–Crippen LogP) is -1.49. The van der Waals surface area contributed by atoms with Crippen LogP contribution in [0.25, 0.3) is 10.9 Å². The van der Waals surface area contributed by atoms with Crippen LogP contribution in [0.4, 0.5) is 0 Å². The Labute approximate surface area is 223 Å². The molecule has 13 nitrogen and oxygen atoms in total. The Morgan fingerprint density at radius 2 is 1.38 bits per heavy atom. The lowest BCUT2D eigenvalue weighted by molar-refractivity contribution is -0.143. The molecular weight excluding hydrogens is 510 g/mol. The largest absolute Gasteiger partial charge is 0.508 e. The number of nitrogens with one attached hydrogen (secondary N) is 4. The van der Waals surface area contributed by atoms with Gasteiger partial charge >= 0.3 is 5.97 Å². The number of nitrogens with two attached hydrogens (primary N) is 1. The zero-order chi connectivity index (χ0) is 28.5. The van der Waals surface area contributed by atoms with Gasteiger partial charge in [-0.25, -0.2) is 4.79 Å². The normalized spacial score (nSPS) is 14.1. The maximum Gasteiger partial charge on any atom is 0.328 e. The maximum absolute atomic E-state index is 13.3. The van der Waals surface area contributed by atoms with E-state index in [0.29, 0.717) is 11.1 Å². The van der Waals surface area contributed by atoms with Gasteiger partial charge in [-0.1, -0.05) is 30.3 Å². The van der Waals surface area contributed by atoms with Crippen molar-refractivity contribution in [2.24, 2.45) is 5.73 Å². The minimum atomic E-state index is -1.64. The van der Waals surface area contributed by atoms with Gasteiger partial charge < -0.3 is 47.1 Å². The Kier molecular flexibility index (Phi) is 9.98. The first kappa shape index (κ1) is 29.1. The number of para-hydroxylation sites is 1. The summed E-state index contributed by atoms with van der Waals surface area (Å²) in [6.07, 6.45) is 1.80. The molecule has 0 fully saturated rings. The van der Waals surface area contributed by atoms with Crippen molar-refractivity contribution in [1.82, 2.24) is 20.9 Å². The van der Waals surface area contributed by atoms with E-state index in [1.807, 2.05) is 29.6 Å². The molecule has 3 aromatic rings. The summed E-state index contributed by atoms with van der Waals surface area (Å²) >= 11 is 0. The van der Waals surface area contributed by atoms with Gasteiger partial charge in [0.25, 0.3) is 0 Å². The van der Waals surface area contributed by atoms with Crippen molar-refractivity contribution in [2.45, 2.75) is 37.0 Å². The van der Waals surface area contributed by atoms with E-state index in [0.717, 1.165) is 10.9 Å². The first-order valence-corrected chi connectivity index (χ1v) is 12.1. The number of aliphatic hydroxyl groups excluding tert-OH is 2. The van der Waals surface area contributed by atoms with Gasteiger partial charge in [0, 0.05) is 23.5 Å². The number of aromatic amines is 1. The standard InChI is InChI=1S/C26H31N5O8/c27-18(9-14-5-7-16(34)8-6-14)23(35)29-20(10-15-11-28-19-4-2-1-3-17(15)19)24(36)30-21(12-32)25(37)31-22(13-33)26(38)39/h1-8,11,18,20-22,28,32-34H,9-10,12-13,27H2,(H,29,35)(H,30,36)(H,31,37)(H,38,39). The highest BCUT2D eigenvalue weighted by Crippen LogP contribution is 2.19. The Morgan fingerprint density at radius 1 is 0.795 bits per heavy atom. The molecule has 0 aliphatic heterocycles. The first-order valence-electron chi connectivity index (χ1n) is 12.1. The van der Waals surface area contributed by atoms with Gasteiger partial charge in [0.1, 0.15) is 23.9 Å². The number of aliphatic carboxylic acids is 1. The van der Waals surface area contributed by atoms with E-state index in [2.05, 4.69) is 15.6 Å². The third-order valence-electron chi connectivity index (χ3n) is 6.07. The molecule has 0 radical (unpaired) electrons. The van der Waals surface area contributed by atoms with Crippen molar-refractivity contribution < 1.29 is 39.6 Å². The van der Waals surface area contributed by atoms with Crippen LogP contribution in [0, 0.1) is 0 Å². The number of fused-ring (bicyclic) bond motifs is 1. The van der Waals surface area contributed by atoms with Crippen LogP contribution in [-0.4, -0.2) is 86.5 Å². The lowest BCUT2D eigenvalue weighted by Gasteiger charge is -2.24. The second kappa shape index (κ2) is 13.4. The van der Waals surface area contributed by atoms with E-state index >= 15 is 0 Å². The van der Waals surface area contributed by atoms with Crippen LogP contribution in [-0.2, 0) is 32.0 Å². The topological polar surface area (TPSA) is 227 Å². The number of carboxylic acid groups (broad SMARTS) is 1. The van der Waals surface area contributed by atoms with Crippen molar-refractivity contribution >= 4 is 34.6 Å². The molecule has 4 unspecified atom stereocenters. The molecule has 2 aromatic carbocycles. The van der Waals surface area contributed by atoms with Gasteiger partial charge in [-0.3, -0.25) is 14.4 Å². The van der Waals surface area contributed by atoms with Crippen molar-refractivity contribution in [3.8, 4) is 5.75 Å². The quantitative estimate of drug-likeness (QED) is 0.123. The molecule has 1 heterocycles.